The minimum atomic E-state index is 0.833. The average Bonchev–Trinajstić information content (AvgIpc) is 2.88. The standard InChI is InChI=1S/2C4H10.C3H4N2.C3H7N.2C2H6/c2*1-4(2)3;1-2-5-3-4-1;1-2-4-3-1;2*1-2/h2*4H,1-3H3;1-3H,(H,4,5);4H,1-3H2;2*1-2H3. The molecule has 0 amide bonds. The number of nitrogens with zero attached hydrogens (tertiary/aromatic N) is 1. The highest BCUT2D eigenvalue weighted by Gasteiger charge is 1.92. The van der Waals surface area contributed by atoms with E-state index in [2.05, 4.69) is 56.8 Å². The summed E-state index contributed by atoms with van der Waals surface area (Å²) in [5, 5.41) is 3.11. The van der Waals surface area contributed by atoms with Gasteiger partial charge in [0, 0.05) is 12.4 Å². The number of H-pyrrole nitrogens is 1. The molecule has 0 radical (unpaired) electrons. The highest BCUT2D eigenvalue weighted by molar-refractivity contribution is 4.64. The van der Waals surface area contributed by atoms with Crippen molar-refractivity contribution in [2.45, 2.75) is 75.7 Å². The minimum absolute atomic E-state index is 0.833. The van der Waals surface area contributed by atoms with Crippen molar-refractivity contribution < 1.29 is 0 Å². The van der Waals surface area contributed by atoms with Crippen molar-refractivity contribution in [3.8, 4) is 0 Å². The van der Waals surface area contributed by atoms with Crippen molar-refractivity contribution in [1.29, 1.82) is 0 Å². The Morgan fingerprint density at radius 2 is 1.10 bits per heavy atom. The lowest BCUT2D eigenvalue weighted by atomic mass is 10.3. The van der Waals surface area contributed by atoms with Gasteiger partial charge in [0.2, 0.25) is 0 Å². The highest BCUT2D eigenvalue weighted by Crippen LogP contribution is 1.81. The van der Waals surface area contributed by atoms with Crippen LogP contribution in [-0.4, -0.2) is 23.1 Å². The predicted octanol–water partition coefficient (Wildman–Crippen LogP) is 5.77. The molecule has 1 aliphatic rings. The largest absolute Gasteiger partial charge is 0.351 e. The summed E-state index contributed by atoms with van der Waals surface area (Å²) < 4.78 is 0. The van der Waals surface area contributed by atoms with Crippen molar-refractivity contribution in [3.05, 3.63) is 18.7 Å². The maximum atomic E-state index is 3.67. The molecule has 0 bridgehead atoms. The molecular formula is C18H43N3. The third-order valence-electron chi connectivity index (χ3n) is 1.11. The molecule has 0 saturated carbocycles. The van der Waals surface area contributed by atoms with E-state index in [0.29, 0.717) is 0 Å². The molecule has 2 N–H and O–H groups in total. The van der Waals surface area contributed by atoms with Crippen LogP contribution in [0.5, 0.6) is 0 Å². The monoisotopic (exact) mass is 301 g/mol. The van der Waals surface area contributed by atoms with Crippen LogP contribution in [0.25, 0.3) is 0 Å². The molecule has 21 heavy (non-hydrogen) atoms. The first-order chi connectivity index (χ1) is 9.96. The number of aromatic nitrogens is 2. The van der Waals surface area contributed by atoms with Crippen molar-refractivity contribution in [3.63, 3.8) is 0 Å². The van der Waals surface area contributed by atoms with Crippen LogP contribution in [0.4, 0.5) is 0 Å². The van der Waals surface area contributed by atoms with Gasteiger partial charge < -0.3 is 10.3 Å². The van der Waals surface area contributed by atoms with Crippen LogP contribution >= 0.6 is 0 Å². The summed E-state index contributed by atoms with van der Waals surface area (Å²) in [5.41, 5.74) is 0. The Kier molecular flexibility index (Phi) is 42.6. The number of nitrogens with one attached hydrogen (secondary N) is 2. The summed E-state index contributed by atoms with van der Waals surface area (Å²) in [5.74, 6) is 1.67. The van der Waals surface area contributed by atoms with Gasteiger partial charge in [-0.05, 0) is 31.3 Å². The molecule has 3 heteroatoms. The van der Waals surface area contributed by atoms with Gasteiger partial charge in [0.15, 0.2) is 0 Å². The number of imidazole rings is 1. The van der Waals surface area contributed by atoms with Crippen LogP contribution < -0.4 is 5.32 Å². The lowest BCUT2D eigenvalue weighted by Gasteiger charge is -2.09. The van der Waals surface area contributed by atoms with E-state index >= 15 is 0 Å². The molecule has 0 spiro atoms. The third-order valence-corrected chi connectivity index (χ3v) is 1.11. The maximum absolute atomic E-state index is 3.67. The number of hydrogen-bond donors (Lipinski definition) is 2. The minimum Gasteiger partial charge on any atom is -0.351 e. The van der Waals surface area contributed by atoms with Crippen molar-refractivity contribution in [2.75, 3.05) is 13.1 Å². The molecule has 1 saturated heterocycles. The van der Waals surface area contributed by atoms with Crippen LogP contribution in [0, 0.1) is 11.8 Å². The number of rotatable bonds is 0. The van der Waals surface area contributed by atoms with E-state index < -0.39 is 0 Å². The van der Waals surface area contributed by atoms with Crippen LogP contribution in [0.2, 0.25) is 0 Å². The molecule has 1 fully saturated rings. The maximum Gasteiger partial charge on any atom is 0.0919 e. The molecular weight excluding hydrogens is 258 g/mol. The van der Waals surface area contributed by atoms with Crippen LogP contribution in [-0.2, 0) is 0 Å². The fourth-order valence-electron chi connectivity index (χ4n) is 0.392. The molecule has 130 valence electrons. The molecule has 0 aromatic carbocycles. The van der Waals surface area contributed by atoms with Gasteiger partial charge in [0.05, 0.1) is 6.33 Å². The fourth-order valence-corrected chi connectivity index (χ4v) is 0.392. The smallest absolute Gasteiger partial charge is 0.0919 e. The van der Waals surface area contributed by atoms with Gasteiger partial charge in [0.25, 0.3) is 0 Å². The van der Waals surface area contributed by atoms with E-state index in [4.69, 9.17) is 0 Å². The molecule has 1 aliphatic heterocycles. The lowest BCUT2D eigenvalue weighted by molar-refractivity contribution is 0.527. The van der Waals surface area contributed by atoms with E-state index in [1.165, 1.54) is 19.5 Å². The Bertz CT molecular complexity index is 158. The first kappa shape index (κ1) is 28.3. The lowest BCUT2D eigenvalue weighted by Crippen LogP contribution is -2.29. The zero-order chi connectivity index (χ0) is 17.5. The summed E-state index contributed by atoms with van der Waals surface area (Å²) in [6, 6.07) is 0. The van der Waals surface area contributed by atoms with Crippen LogP contribution in [0.15, 0.2) is 18.7 Å². The van der Waals surface area contributed by atoms with Gasteiger partial charge in [-0.3, -0.25) is 0 Å². The van der Waals surface area contributed by atoms with Gasteiger partial charge in [-0.2, -0.15) is 0 Å². The number of hydrogen-bond acceptors (Lipinski definition) is 2. The topological polar surface area (TPSA) is 40.7 Å². The van der Waals surface area contributed by atoms with Crippen molar-refractivity contribution in [1.82, 2.24) is 15.3 Å². The quantitative estimate of drug-likeness (QED) is 0.639. The van der Waals surface area contributed by atoms with Gasteiger partial charge >= 0.3 is 0 Å². The molecule has 0 unspecified atom stereocenters. The summed E-state index contributed by atoms with van der Waals surface area (Å²) in [4.78, 5) is 6.42. The fraction of sp³-hybridized carbons (Fsp3) is 0.833. The zero-order valence-corrected chi connectivity index (χ0v) is 16.5. The van der Waals surface area contributed by atoms with E-state index in [9.17, 15) is 0 Å². The van der Waals surface area contributed by atoms with Gasteiger partial charge in [-0.25, -0.2) is 4.98 Å². The second kappa shape index (κ2) is 31.5. The molecule has 1 aromatic heterocycles. The summed E-state index contributed by atoms with van der Waals surface area (Å²) in [6.45, 7) is 23.5. The Hall–Kier alpha value is -0.830. The van der Waals surface area contributed by atoms with Crippen LogP contribution in [0.1, 0.15) is 75.7 Å². The van der Waals surface area contributed by atoms with Crippen molar-refractivity contribution in [2.24, 2.45) is 11.8 Å². The molecule has 0 aliphatic carbocycles. The molecule has 2 heterocycles. The van der Waals surface area contributed by atoms with E-state index in [-0.39, 0.29) is 0 Å². The number of aromatic amines is 1. The normalized spacial score (nSPS) is 10.5. The summed E-state index contributed by atoms with van der Waals surface area (Å²) in [6.07, 6.45) is 6.47. The van der Waals surface area contributed by atoms with Gasteiger partial charge in [0.1, 0.15) is 0 Å². The zero-order valence-electron chi connectivity index (χ0n) is 16.5. The highest BCUT2D eigenvalue weighted by atomic mass is 14.9. The van der Waals surface area contributed by atoms with E-state index in [0.717, 1.165) is 11.8 Å². The van der Waals surface area contributed by atoms with Gasteiger partial charge in [-0.1, -0.05) is 69.2 Å². The van der Waals surface area contributed by atoms with Crippen LogP contribution in [0.3, 0.4) is 0 Å². The Labute approximate surface area is 135 Å². The molecule has 2 rings (SSSR count). The Morgan fingerprint density at radius 3 is 1.14 bits per heavy atom. The second-order valence-electron chi connectivity index (χ2n) is 5.33. The molecule has 1 aromatic rings. The van der Waals surface area contributed by atoms with E-state index in [1.807, 2.05) is 27.7 Å². The molecule has 0 atom stereocenters. The summed E-state index contributed by atoms with van der Waals surface area (Å²) >= 11 is 0. The Balaban J connectivity index is -0.0000000855. The van der Waals surface area contributed by atoms with Crippen molar-refractivity contribution >= 4 is 0 Å². The average molecular weight is 302 g/mol. The first-order valence-corrected chi connectivity index (χ1v) is 8.60. The summed E-state index contributed by atoms with van der Waals surface area (Å²) in [7, 11) is 0. The SMILES string of the molecule is C1CNC1.CC.CC.CC(C)C.CC(C)C.c1c[nH]cn1. The first-order valence-electron chi connectivity index (χ1n) is 8.60. The van der Waals surface area contributed by atoms with Gasteiger partial charge in [-0.15, -0.1) is 0 Å². The predicted molar refractivity (Wildman–Crippen MR) is 99.8 cm³/mol. The second-order valence-corrected chi connectivity index (χ2v) is 5.33. The Morgan fingerprint density at radius 1 is 0.810 bits per heavy atom. The molecule has 3 nitrogen and oxygen atoms in total. The van der Waals surface area contributed by atoms with E-state index in [1.54, 1.807) is 18.7 Å². The third kappa shape index (κ3) is 84.7.